The summed E-state index contributed by atoms with van der Waals surface area (Å²) in [6.07, 6.45) is 4.39. The van der Waals surface area contributed by atoms with Gasteiger partial charge in [-0.1, -0.05) is 34.1 Å². The van der Waals surface area contributed by atoms with Crippen LogP contribution in [0.4, 0.5) is 0 Å². The molecule has 150 valence electrons. The third-order valence-corrected chi connectivity index (χ3v) is 6.37. The number of halogens is 1. The number of nitrogens with zero attached hydrogens (tertiary/aromatic N) is 1. The highest BCUT2D eigenvalue weighted by atomic mass is 127. The molecule has 1 aliphatic carbocycles. The SMILES string of the molecule is CCNC(=NCC(OC)C(C)(C)C)NC1CCCC(S(=O)CC)C1.I. The van der Waals surface area contributed by atoms with Gasteiger partial charge in [0.05, 0.1) is 12.6 Å². The third kappa shape index (κ3) is 9.04. The van der Waals surface area contributed by atoms with Gasteiger partial charge in [-0.3, -0.25) is 9.20 Å². The molecule has 0 radical (unpaired) electrons. The fraction of sp³-hybridized carbons (Fsp3) is 0.944. The highest BCUT2D eigenvalue weighted by Gasteiger charge is 2.27. The summed E-state index contributed by atoms with van der Waals surface area (Å²) in [6, 6.07) is 0.354. The molecule has 1 aliphatic rings. The molecule has 5 nitrogen and oxygen atoms in total. The summed E-state index contributed by atoms with van der Waals surface area (Å²) in [5.74, 6) is 1.60. The van der Waals surface area contributed by atoms with Gasteiger partial charge in [-0.25, -0.2) is 0 Å². The predicted octanol–water partition coefficient (Wildman–Crippen LogP) is 3.30. The first kappa shape index (κ1) is 25.1. The van der Waals surface area contributed by atoms with Crippen molar-refractivity contribution < 1.29 is 8.95 Å². The van der Waals surface area contributed by atoms with E-state index in [0.717, 1.165) is 43.9 Å². The standard InChI is InChI=1S/C18H37N3O2S.HI/c1-7-19-17(20-13-16(23-6)18(3,4)5)21-14-10-9-11-15(12-14)24(22)8-2;/h14-16H,7-13H2,1-6H3,(H2,19,20,21);1H. The highest BCUT2D eigenvalue weighted by molar-refractivity contribution is 14.0. The molecule has 4 unspecified atom stereocenters. The Labute approximate surface area is 174 Å². The lowest BCUT2D eigenvalue weighted by Crippen LogP contribution is -2.47. The number of methoxy groups -OCH3 is 1. The monoisotopic (exact) mass is 487 g/mol. The van der Waals surface area contributed by atoms with Gasteiger partial charge >= 0.3 is 0 Å². The quantitative estimate of drug-likeness (QED) is 0.329. The summed E-state index contributed by atoms with van der Waals surface area (Å²) < 4.78 is 17.7. The molecule has 0 heterocycles. The first-order valence-electron chi connectivity index (χ1n) is 9.26. The molecule has 25 heavy (non-hydrogen) atoms. The fourth-order valence-electron chi connectivity index (χ4n) is 3.14. The zero-order valence-electron chi connectivity index (χ0n) is 16.8. The van der Waals surface area contributed by atoms with Crippen molar-refractivity contribution in [3.63, 3.8) is 0 Å². The van der Waals surface area contributed by atoms with Crippen molar-refractivity contribution in [2.24, 2.45) is 10.4 Å². The van der Waals surface area contributed by atoms with Gasteiger partial charge in [0.15, 0.2) is 5.96 Å². The number of guanidine groups is 1. The smallest absolute Gasteiger partial charge is 0.191 e. The van der Waals surface area contributed by atoms with E-state index in [4.69, 9.17) is 9.73 Å². The Hall–Kier alpha value is 0.110. The number of rotatable bonds is 7. The van der Waals surface area contributed by atoms with Gasteiger partial charge in [0.25, 0.3) is 0 Å². The molecule has 7 heteroatoms. The second-order valence-corrected chi connectivity index (χ2v) is 9.61. The summed E-state index contributed by atoms with van der Waals surface area (Å²) in [4.78, 5) is 4.73. The van der Waals surface area contributed by atoms with E-state index in [2.05, 4.69) is 38.3 Å². The van der Waals surface area contributed by atoms with Crippen LogP contribution in [0.15, 0.2) is 4.99 Å². The van der Waals surface area contributed by atoms with E-state index in [-0.39, 0.29) is 35.5 Å². The van der Waals surface area contributed by atoms with Crippen LogP contribution in [0.5, 0.6) is 0 Å². The number of ether oxygens (including phenoxy) is 1. The fourth-order valence-corrected chi connectivity index (χ4v) is 4.49. The van der Waals surface area contributed by atoms with Crippen LogP contribution in [-0.4, -0.2) is 53.5 Å². The molecule has 0 aromatic carbocycles. The molecule has 0 bridgehead atoms. The molecule has 1 fully saturated rings. The minimum atomic E-state index is -0.697. The Kier molecular flexibility index (Phi) is 12.5. The van der Waals surface area contributed by atoms with E-state index in [1.165, 1.54) is 0 Å². The Morgan fingerprint density at radius 3 is 2.52 bits per heavy atom. The Morgan fingerprint density at radius 2 is 2.00 bits per heavy atom. The maximum absolute atomic E-state index is 12.1. The van der Waals surface area contributed by atoms with Gasteiger partial charge < -0.3 is 15.4 Å². The number of hydrogen-bond donors (Lipinski definition) is 2. The van der Waals surface area contributed by atoms with Crippen LogP contribution >= 0.6 is 24.0 Å². The van der Waals surface area contributed by atoms with E-state index < -0.39 is 10.8 Å². The number of aliphatic imine (C=N–C) groups is 1. The molecule has 0 spiro atoms. The van der Waals surface area contributed by atoms with Crippen LogP contribution in [0.25, 0.3) is 0 Å². The molecule has 0 aromatic heterocycles. The topological polar surface area (TPSA) is 62.7 Å². The van der Waals surface area contributed by atoms with Gasteiger partial charge in [0, 0.05) is 41.5 Å². The van der Waals surface area contributed by atoms with Crippen LogP contribution < -0.4 is 10.6 Å². The second kappa shape index (κ2) is 12.5. The zero-order valence-corrected chi connectivity index (χ0v) is 19.9. The Bertz CT molecular complexity index is 427. The second-order valence-electron chi connectivity index (χ2n) is 7.61. The van der Waals surface area contributed by atoms with Gasteiger partial charge in [-0.15, -0.1) is 24.0 Å². The number of nitrogens with one attached hydrogen (secondary N) is 2. The molecule has 2 N–H and O–H groups in total. The lowest BCUT2D eigenvalue weighted by atomic mass is 9.89. The van der Waals surface area contributed by atoms with Crippen molar-refractivity contribution in [3.8, 4) is 0 Å². The first-order valence-corrected chi connectivity index (χ1v) is 10.6. The maximum atomic E-state index is 12.1. The third-order valence-electron chi connectivity index (χ3n) is 4.63. The van der Waals surface area contributed by atoms with E-state index >= 15 is 0 Å². The van der Waals surface area contributed by atoms with Crippen LogP contribution in [0.1, 0.15) is 60.3 Å². The molecular formula is C18H38IN3O2S. The molecule has 0 aliphatic heterocycles. The van der Waals surface area contributed by atoms with Crippen LogP contribution in [0.3, 0.4) is 0 Å². The van der Waals surface area contributed by atoms with Crippen molar-refractivity contribution in [1.82, 2.24) is 10.6 Å². The van der Waals surface area contributed by atoms with Gasteiger partial charge in [0.1, 0.15) is 0 Å². The minimum absolute atomic E-state index is 0. The maximum Gasteiger partial charge on any atom is 0.191 e. The molecule has 1 saturated carbocycles. The Balaban J connectivity index is 0.00000576. The largest absolute Gasteiger partial charge is 0.379 e. The van der Waals surface area contributed by atoms with Gasteiger partial charge in [-0.05, 0) is 31.6 Å². The molecule has 0 saturated heterocycles. The average molecular weight is 487 g/mol. The van der Waals surface area contributed by atoms with Crippen LogP contribution in [-0.2, 0) is 15.5 Å². The molecular weight excluding hydrogens is 449 g/mol. The summed E-state index contributed by atoms with van der Waals surface area (Å²) >= 11 is 0. The van der Waals surface area contributed by atoms with Gasteiger partial charge in [-0.2, -0.15) is 0 Å². The molecule has 0 aromatic rings. The van der Waals surface area contributed by atoms with Crippen LogP contribution in [0, 0.1) is 5.41 Å². The van der Waals surface area contributed by atoms with E-state index in [9.17, 15) is 4.21 Å². The van der Waals surface area contributed by atoms with E-state index in [1.54, 1.807) is 7.11 Å². The first-order chi connectivity index (χ1) is 11.3. The van der Waals surface area contributed by atoms with Gasteiger partial charge in [0.2, 0.25) is 0 Å². The van der Waals surface area contributed by atoms with Crippen molar-refractivity contribution in [2.75, 3.05) is 26.0 Å². The van der Waals surface area contributed by atoms with Crippen LogP contribution in [0.2, 0.25) is 0 Å². The number of hydrogen-bond acceptors (Lipinski definition) is 3. The minimum Gasteiger partial charge on any atom is -0.379 e. The Morgan fingerprint density at radius 1 is 1.32 bits per heavy atom. The summed E-state index contributed by atoms with van der Waals surface area (Å²) in [7, 11) is 1.05. The lowest BCUT2D eigenvalue weighted by molar-refractivity contribution is 0.0241. The van der Waals surface area contributed by atoms with Crippen molar-refractivity contribution in [3.05, 3.63) is 0 Å². The van der Waals surface area contributed by atoms with Crippen molar-refractivity contribution >= 4 is 40.7 Å². The average Bonchev–Trinajstić information content (AvgIpc) is 2.53. The lowest BCUT2D eigenvalue weighted by Gasteiger charge is -2.31. The predicted molar refractivity (Wildman–Crippen MR) is 120 cm³/mol. The van der Waals surface area contributed by atoms with E-state index in [0.29, 0.717) is 17.8 Å². The zero-order chi connectivity index (χ0) is 18.2. The summed E-state index contributed by atoms with van der Waals surface area (Å²) in [6.45, 7) is 12.1. The normalized spacial score (nSPS) is 24.2. The van der Waals surface area contributed by atoms with E-state index in [1.807, 2.05) is 6.92 Å². The molecule has 0 amide bonds. The summed E-state index contributed by atoms with van der Waals surface area (Å²) in [5, 5.41) is 7.20. The molecule has 1 rings (SSSR count). The summed E-state index contributed by atoms with van der Waals surface area (Å²) in [5.41, 5.74) is 0.0591. The highest BCUT2D eigenvalue weighted by Crippen LogP contribution is 2.23. The van der Waals surface area contributed by atoms with Crippen molar-refractivity contribution in [2.45, 2.75) is 77.7 Å². The van der Waals surface area contributed by atoms with Crippen molar-refractivity contribution in [1.29, 1.82) is 0 Å². The molecule has 4 atom stereocenters.